The highest BCUT2D eigenvalue weighted by Gasteiger charge is 2.39. The molecule has 0 saturated carbocycles. The molecule has 0 spiro atoms. The number of amides is 8. The molecule has 3 rings (SSSR count). The molecule has 8 amide bonds. The molecule has 1 atom stereocenters. The number of imide groups is 3. The van der Waals surface area contributed by atoms with Gasteiger partial charge in [0.1, 0.15) is 30.4 Å². The molecule has 0 aromatic heterocycles. The van der Waals surface area contributed by atoms with E-state index in [1.54, 1.807) is 13.8 Å². The lowest BCUT2D eigenvalue weighted by molar-refractivity contribution is -0.195. The molecular weight excluding hydrogens is 763 g/mol. The molecule has 2 saturated heterocycles. The van der Waals surface area contributed by atoms with Crippen LogP contribution in [-0.2, 0) is 62.4 Å². The van der Waals surface area contributed by atoms with E-state index in [-0.39, 0.29) is 84.2 Å². The molecule has 3 N–H and O–H groups in total. The molecule has 0 bridgehead atoms. The van der Waals surface area contributed by atoms with Crippen molar-refractivity contribution in [2.75, 3.05) is 50.5 Å². The van der Waals surface area contributed by atoms with Gasteiger partial charge in [0.15, 0.2) is 5.12 Å². The third-order valence-corrected chi connectivity index (χ3v) is 8.33. The Morgan fingerprint density at radius 1 is 0.774 bits per heavy atom. The van der Waals surface area contributed by atoms with Crippen LogP contribution in [0.4, 0.5) is 0 Å². The van der Waals surface area contributed by atoms with Crippen LogP contribution in [0.25, 0.3) is 0 Å². The standard InChI is InChI=1S/C11H16N2O4S.C8H10N2O3.C8H9NO5S.C3H6OS.CH4O/c1-3-12-9(15)5-13-10(16)4-8(11(13)17)18-6-7(2)14;1-2-9-6(11)5-10-7(12)3-4-8(10)13;1-5(10)15-4-8(13)14-9-6(11)2-3-7(9)12;1-3(4)2-5;1-2/h8H,3-6H2,1-2H3,(H,12,15);3-4H,2,5H2,1H3,(H,9,11);2-4H2,1H3;5H,2H2,1H3;2H,1H3. The largest absolute Gasteiger partial charge is 0.400 e. The number of thiol groups is 1. The first-order chi connectivity index (χ1) is 24.9. The molecular formula is C31H45N5O14S3. The van der Waals surface area contributed by atoms with E-state index in [0.717, 1.165) is 52.6 Å². The van der Waals surface area contributed by atoms with Crippen molar-refractivity contribution in [3.63, 3.8) is 0 Å². The fourth-order valence-electron chi connectivity index (χ4n) is 3.49. The van der Waals surface area contributed by atoms with Crippen LogP contribution in [0, 0.1) is 0 Å². The maximum absolute atomic E-state index is 11.9. The zero-order chi connectivity index (χ0) is 41.3. The first-order valence-electron chi connectivity index (χ1n) is 15.6. The van der Waals surface area contributed by atoms with Crippen molar-refractivity contribution in [1.29, 1.82) is 0 Å². The number of hydrogen-bond donors (Lipinski definition) is 4. The van der Waals surface area contributed by atoms with Crippen LogP contribution in [-0.4, -0.2) is 146 Å². The Morgan fingerprint density at radius 3 is 1.62 bits per heavy atom. The van der Waals surface area contributed by atoms with Crippen LogP contribution in [0.3, 0.4) is 0 Å². The Hall–Kier alpha value is -4.41. The topological polar surface area (TPSA) is 268 Å². The number of likely N-dealkylation sites (tertiary alicyclic amines) is 1. The Kier molecular flexibility index (Phi) is 26.9. The second kappa shape index (κ2) is 28.1. The van der Waals surface area contributed by atoms with Crippen LogP contribution in [0.15, 0.2) is 12.2 Å². The molecule has 1 unspecified atom stereocenters. The minimum absolute atomic E-state index is 0.0394. The van der Waals surface area contributed by atoms with Gasteiger partial charge in [-0.25, -0.2) is 4.79 Å². The van der Waals surface area contributed by atoms with Crippen molar-refractivity contribution in [1.82, 2.24) is 25.5 Å². The van der Waals surface area contributed by atoms with Gasteiger partial charge in [-0.1, -0.05) is 11.8 Å². The van der Waals surface area contributed by atoms with Crippen LogP contribution in [0.5, 0.6) is 0 Å². The Bertz CT molecular complexity index is 1390. The Morgan fingerprint density at radius 2 is 1.23 bits per heavy atom. The summed E-state index contributed by atoms with van der Waals surface area (Å²) in [5.74, 6) is -3.66. The fraction of sp³-hybridized carbons (Fsp3) is 0.548. The van der Waals surface area contributed by atoms with Crippen molar-refractivity contribution in [2.24, 2.45) is 0 Å². The minimum Gasteiger partial charge on any atom is -0.400 e. The SMILES string of the molecule is CC(=O)CS.CC(=O)SCC(=O)ON1C(=O)CCC1=O.CCNC(=O)CN1C(=O)C=CC1=O.CCNC(=O)CN1C(=O)CC(SCC(C)=O)C1=O.CO. The van der Waals surface area contributed by atoms with E-state index in [9.17, 15) is 57.5 Å². The average molecular weight is 808 g/mol. The molecule has 3 aliphatic rings. The summed E-state index contributed by atoms with van der Waals surface area (Å²) in [6.07, 6.45) is 2.50. The molecule has 0 radical (unpaired) electrons. The molecule has 53 heavy (non-hydrogen) atoms. The molecule has 0 aromatic carbocycles. The number of carbonyl (C=O) groups excluding carboxylic acids is 12. The summed E-state index contributed by atoms with van der Waals surface area (Å²) in [6, 6.07) is 0. The van der Waals surface area contributed by atoms with Gasteiger partial charge in [-0.3, -0.25) is 62.5 Å². The average Bonchev–Trinajstić information content (AvgIpc) is 3.69. The van der Waals surface area contributed by atoms with Crippen molar-refractivity contribution in [3.8, 4) is 0 Å². The maximum atomic E-state index is 11.9. The number of thioether (sulfide) groups is 2. The second-order valence-corrected chi connectivity index (χ2v) is 12.9. The number of nitrogens with zero attached hydrogens (tertiary/aromatic N) is 3. The van der Waals surface area contributed by atoms with Crippen molar-refractivity contribution in [3.05, 3.63) is 12.2 Å². The van der Waals surface area contributed by atoms with Crippen molar-refractivity contribution in [2.45, 2.75) is 59.1 Å². The molecule has 19 nitrogen and oxygen atoms in total. The summed E-state index contributed by atoms with van der Waals surface area (Å²) in [5.41, 5.74) is 0. The van der Waals surface area contributed by atoms with Gasteiger partial charge in [0.05, 0.1) is 11.0 Å². The van der Waals surface area contributed by atoms with Gasteiger partial charge in [-0.15, -0.1) is 16.8 Å². The number of ketones is 2. The minimum atomic E-state index is -0.779. The first-order valence-corrected chi connectivity index (χ1v) is 18.3. The highest BCUT2D eigenvalue weighted by molar-refractivity contribution is 8.14. The van der Waals surface area contributed by atoms with E-state index < -0.39 is 34.8 Å². The lowest BCUT2D eigenvalue weighted by Crippen LogP contribution is -2.41. The quantitative estimate of drug-likeness (QED) is 0.123. The highest BCUT2D eigenvalue weighted by Crippen LogP contribution is 2.25. The van der Waals surface area contributed by atoms with Crippen molar-refractivity contribution < 1.29 is 67.5 Å². The van der Waals surface area contributed by atoms with E-state index in [2.05, 4.69) is 28.1 Å². The number of hydrogen-bond acceptors (Lipinski definition) is 17. The third-order valence-electron chi connectivity index (χ3n) is 5.76. The summed E-state index contributed by atoms with van der Waals surface area (Å²) >= 11 is 5.58. The van der Waals surface area contributed by atoms with Crippen LogP contribution < -0.4 is 10.6 Å². The van der Waals surface area contributed by atoms with Gasteiger partial charge in [0.2, 0.25) is 23.6 Å². The number of rotatable bonds is 13. The summed E-state index contributed by atoms with van der Waals surface area (Å²) in [4.78, 5) is 138. The maximum Gasteiger partial charge on any atom is 0.343 e. The molecule has 2 fully saturated rings. The normalized spacial score (nSPS) is 15.5. The highest BCUT2D eigenvalue weighted by atomic mass is 32.2. The molecule has 0 aliphatic carbocycles. The van der Waals surface area contributed by atoms with Gasteiger partial charge < -0.3 is 20.6 Å². The van der Waals surface area contributed by atoms with Crippen LogP contribution in [0.2, 0.25) is 0 Å². The van der Waals surface area contributed by atoms with Crippen LogP contribution in [0.1, 0.15) is 53.9 Å². The van der Waals surface area contributed by atoms with Gasteiger partial charge in [0.25, 0.3) is 23.6 Å². The van der Waals surface area contributed by atoms with E-state index in [1.165, 1.54) is 20.8 Å². The smallest absolute Gasteiger partial charge is 0.343 e. The number of carbonyl (C=O) groups is 12. The molecule has 3 heterocycles. The summed E-state index contributed by atoms with van der Waals surface area (Å²) in [5, 5.41) is 11.7. The van der Waals surface area contributed by atoms with Gasteiger partial charge in [-0.05, 0) is 27.7 Å². The molecule has 22 heteroatoms. The number of nitrogens with one attached hydrogen (secondary N) is 2. The van der Waals surface area contributed by atoms with Crippen molar-refractivity contribution >= 4 is 106 Å². The molecule has 3 aliphatic heterocycles. The Balaban J connectivity index is 0. The molecule has 296 valence electrons. The zero-order valence-corrected chi connectivity index (χ0v) is 32.7. The monoisotopic (exact) mass is 807 g/mol. The van der Waals surface area contributed by atoms with E-state index in [0.29, 0.717) is 23.9 Å². The Labute approximate surface area is 320 Å². The fourth-order valence-corrected chi connectivity index (χ4v) is 4.83. The zero-order valence-electron chi connectivity index (χ0n) is 30.2. The lowest BCUT2D eigenvalue weighted by Gasteiger charge is -2.13. The summed E-state index contributed by atoms with van der Waals surface area (Å²) in [6.45, 7) is 8.29. The summed E-state index contributed by atoms with van der Waals surface area (Å²) < 4.78 is 0. The van der Waals surface area contributed by atoms with E-state index in [4.69, 9.17) is 5.11 Å². The number of likely N-dealkylation sites (N-methyl/N-ethyl adjacent to an activating group) is 2. The number of aliphatic hydroxyl groups excluding tert-OH is 1. The van der Waals surface area contributed by atoms with Gasteiger partial charge in [-0.2, -0.15) is 12.6 Å². The van der Waals surface area contributed by atoms with Crippen LogP contribution >= 0.6 is 36.2 Å². The summed E-state index contributed by atoms with van der Waals surface area (Å²) in [7, 11) is 1.00. The molecule has 0 aromatic rings. The number of aliphatic hydroxyl groups is 1. The number of hydroxylamine groups is 2. The van der Waals surface area contributed by atoms with Gasteiger partial charge in [0, 0.05) is 64.3 Å². The second-order valence-electron chi connectivity index (χ2n) is 10.2. The number of Topliss-reactive ketones (excluding diaryl/α,β-unsaturated/α-hetero) is 2. The van der Waals surface area contributed by atoms with E-state index >= 15 is 0 Å². The van der Waals surface area contributed by atoms with Gasteiger partial charge >= 0.3 is 5.97 Å². The third kappa shape index (κ3) is 21.7. The predicted molar refractivity (Wildman–Crippen MR) is 194 cm³/mol. The van der Waals surface area contributed by atoms with E-state index in [1.807, 2.05) is 0 Å². The predicted octanol–water partition coefficient (Wildman–Crippen LogP) is -1.39. The first kappa shape index (κ1) is 50.7. The lowest BCUT2D eigenvalue weighted by atomic mass is 10.4.